The minimum absolute atomic E-state index is 0.0131. The fourth-order valence-electron chi connectivity index (χ4n) is 9.39. The second kappa shape index (κ2) is 12.9. The molecule has 0 unspecified atom stereocenters. The Kier molecular flexibility index (Phi) is 8.43. The van der Waals surface area contributed by atoms with Crippen molar-refractivity contribution < 1.29 is 52.3 Å². The monoisotopic (exact) mass is 684 g/mol. The van der Waals surface area contributed by atoms with E-state index in [1.165, 1.54) is 0 Å². The van der Waals surface area contributed by atoms with E-state index in [-0.39, 0.29) is 54.7 Å². The molecule has 1 saturated carbocycles. The predicted octanol–water partition coefficient (Wildman–Crippen LogP) is 5.29. The van der Waals surface area contributed by atoms with Gasteiger partial charge in [0.25, 0.3) is 0 Å². The molecule has 5 aliphatic rings. The van der Waals surface area contributed by atoms with Gasteiger partial charge in [-0.25, -0.2) is 14.4 Å². The Morgan fingerprint density at radius 1 is 0.660 bits per heavy atom. The maximum absolute atomic E-state index is 13.3. The van der Waals surface area contributed by atoms with Crippen LogP contribution in [0.3, 0.4) is 0 Å². The molecule has 0 amide bonds. The topological polar surface area (TPSA) is 125 Å². The minimum atomic E-state index is -0.583. The molecule has 5 fully saturated rings. The normalized spacial score (nSPS) is 32.8. The number of esters is 3. The summed E-state index contributed by atoms with van der Waals surface area (Å²) in [6.45, 7) is 0.122. The van der Waals surface area contributed by atoms with Gasteiger partial charge in [-0.1, -0.05) is 0 Å². The quantitative estimate of drug-likeness (QED) is 0.204. The lowest BCUT2D eigenvalue weighted by molar-refractivity contribution is -0.104. The summed E-state index contributed by atoms with van der Waals surface area (Å²) in [6.07, 6.45) is 0.702. The van der Waals surface area contributed by atoms with E-state index < -0.39 is 29.6 Å². The average Bonchev–Trinajstić information content (AvgIpc) is 3.93. The van der Waals surface area contributed by atoms with E-state index in [0.717, 1.165) is 6.42 Å². The number of carbonyl (C=O) groups excluding carboxylic acids is 3. The van der Waals surface area contributed by atoms with Crippen LogP contribution in [-0.4, -0.2) is 82.5 Å². The van der Waals surface area contributed by atoms with Gasteiger partial charge >= 0.3 is 17.9 Å². The predicted molar refractivity (Wildman–Crippen MR) is 176 cm³/mol. The first-order valence-electron chi connectivity index (χ1n) is 17.1. The molecule has 4 aliphatic heterocycles. The largest absolute Gasteiger partial charge is 0.497 e. The second-order valence-electron chi connectivity index (χ2n) is 13.9. The van der Waals surface area contributed by atoms with Crippen LogP contribution in [-0.2, 0) is 23.7 Å². The Hall–Kier alpha value is -4.61. The van der Waals surface area contributed by atoms with Crippen molar-refractivity contribution in [1.82, 2.24) is 0 Å². The number of hydrogen-bond acceptors (Lipinski definition) is 11. The number of carbonyl (C=O) groups is 3. The first-order valence-corrected chi connectivity index (χ1v) is 17.1. The third-order valence-electron chi connectivity index (χ3n) is 11.6. The zero-order valence-electron chi connectivity index (χ0n) is 28.2. The highest BCUT2D eigenvalue weighted by atomic mass is 16.6. The van der Waals surface area contributed by atoms with E-state index >= 15 is 0 Å². The van der Waals surface area contributed by atoms with Gasteiger partial charge in [0.1, 0.15) is 42.2 Å². The zero-order valence-corrected chi connectivity index (χ0v) is 28.2. The van der Waals surface area contributed by atoms with E-state index in [4.69, 9.17) is 37.9 Å². The zero-order chi connectivity index (χ0) is 34.6. The van der Waals surface area contributed by atoms with Crippen LogP contribution in [0, 0.1) is 23.2 Å². The summed E-state index contributed by atoms with van der Waals surface area (Å²) in [7, 11) is 4.72. The highest BCUT2D eigenvalue weighted by molar-refractivity contribution is 5.90. The van der Waals surface area contributed by atoms with Crippen LogP contribution >= 0.6 is 0 Å². The van der Waals surface area contributed by atoms with Crippen molar-refractivity contribution in [2.24, 2.45) is 23.2 Å². The van der Waals surface area contributed by atoms with Crippen LogP contribution in [0.15, 0.2) is 72.8 Å². The molecule has 8 rings (SSSR count). The molecule has 10 atom stereocenters. The molecule has 0 spiro atoms. The van der Waals surface area contributed by atoms with E-state index in [0.29, 0.717) is 53.2 Å². The van der Waals surface area contributed by atoms with E-state index in [2.05, 4.69) is 0 Å². The molecule has 11 nitrogen and oxygen atoms in total. The van der Waals surface area contributed by atoms with Gasteiger partial charge in [0.2, 0.25) is 0 Å². The van der Waals surface area contributed by atoms with Gasteiger partial charge in [0.15, 0.2) is 0 Å². The van der Waals surface area contributed by atoms with Crippen LogP contribution in [0.1, 0.15) is 56.8 Å². The molecular formula is C39H40O11. The number of methoxy groups -OCH3 is 3. The molecule has 11 heteroatoms. The molecular weight excluding hydrogens is 644 g/mol. The third-order valence-corrected chi connectivity index (χ3v) is 11.6. The summed E-state index contributed by atoms with van der Waals surface area (Å²) in [4.78, 5) is 39.8. The van der Waals surface area contributed by atoms with Crippen molar-refractivity contribution >= 4 is 17.9 Å². The van der Waals surface area contributed by atoms with Gasteiger partial charge < -0.3 is 37.9 Å². The molecule has 3 aromatic carbocycles. The van der Waals surface area contributed by atoms with E-state index in [9.17, 15) is 14.4 Å². The lowest BCUT2D eigenvalue weighted by Crippen LogP contribution is -2.59. The summed E-state index contributed by atoms with van der Waals surface area (Å²) >= 11 is 0. The van der Waals surface area contributed by atoms with Crippen molar-refractivity contribution in [3.8, 4) is 17.2 Å². The third kappa shape index (κ3) is 5.47. The van der Waals surface area contributed by atoms with Crippen molar-refractivity contribution in [3.63, 3.8) is 0 Å². The number of ether oxygens (including phenoxy) is 8. The maximum atomic E-state index is 13.3. The molecule has 1 aliphatic carbocycles. The first-order chi connectivity index (χ1) is 24.3. The van der Waals surface area contributed by atoms with Gasteiger partial charge in [0, 0.05) is 24.2 Å². The number of rotatable bonds is 10. The van der Waals surface area contributed by atoms with Gasteiger partial charge in [-0.15, -0.1) is 0 Å². The summed E-state index contributed by atoms with van der Waals surface area (Å²) in [5, 5.41) is 0. The summed E-state index contributed by atoms with van der Waals surface area (Å²) in [5.41, 5.74) is 0.720. The van der Waals surface area contributed by atoms with Crippen molar-refractivity contribution in [1.29, 1.82) is 0 Å². The van der Waals surface area contributed by atoms with E-state index in [1.807, 2.05) is 0 Å². The summed E-state index contributed by atoms with van der Waals surface area (Å²) in [6, 6.07) is 20.5. The van der Waals surface area contributed by atoms with Gasteiger partial charge in [-0.05, 0) is 97.5 Å². The van der Waals surface area contributed by atoms with Crippen LogP contribution in [0.4, 0.5) is 0 Å². The highest BCUT2D eigenvalue weighted by Gasteiger charge is 2.73. The molecule has 3 aromatic rings. The standard InChI is InChI=1S/C39H40O11/c1-43-24-10-4-21(5-11-24)36(40)46-20-39-17-16-27-32(28-18-30(34(27)47-28)49-37(41)22-6-12-25(44-2)13-7-22)33(39)29-19-31(35(39)48-29)50-38(42)23-8-14-26(45-3)15-9-23/h4-15,27-35H,16-20H2,1-3H3/t27-,28-,29-,30-,31-,32+,33+,34-,35+,39+/m1/s1. The lowest BCUT2D eigenvalue weighted by atomic mass is 9.50. The molecule has 0 aromatic heterocycles. The molecule has 262 valence electrons. The van der Waals surface area contributed by atoms with Gasteiger partial charge in [-0.2, -0.15) is 0 Å². The van der Waals surface area contributed by atoms with Gasteiger partial charge in [0.05, 0.1) is 56.3 Å². The number of hydrogen-bond donors (Lipinski definition) is 0. The summed E-state index contributed by atoms with van der Waals surface area (Å²) < 4.78 is 47.2. The molecule has 4 saturated heterocycles. The van der Waals surface area contributed by atoms with Gasteiger partial charge in [-0.3, -0.25) is 0 Å². The highest BCUT2D eigenvalue weighted by Crippen LogP contribution is 2.67. The lowest BCUT2D eigenvalue weighted by Gasteiger charge is -2.53. The fraction of sp³-hybridized carbons (Fsp3) is 0.462. The number of fused-ring (bicyclic) bond motifs is 11. The van der Waals surface area contributed by atoms with Crippen LogP contribution in [0.2, 0.25) is 0 Å². The molecule has 4 heterocycles. The Balaban J connectivity index is 1.01. The van der Waals surface area contributed by atoms with Crippen molar-refractivity contribution in [2.75, 3.05) is 27.9 Å². The molecule has 0 N–H and O–H groups in total. The molecule has 50 heavy (non-hydrogen) atoms. The fourth-order valence-corrected chi connectivity index (χ4v) is 9.39. The Labute approximate surface area is 290 Å². The first kappa shape index (κ1) is 32.6. The van der Waals surface area contributed by atoms with E-state index in [1.54, 1.807) is 94.1 Å². The maximum Gasteiger partial charge on any atom is 0.338 e. The average molecular weight is 685 g/mol. The number of benzene rings is 3. The minimum Gasteiger partial charge on any atom is -0.497 e. The van der Waals surface area contributed by atoms with Crippen molar-refractivity contribution in [2.45, 2.75) is 62.3 Å². The van der Waals surface area contributed by atoms with Crippen LogP contribution in [0.5, 0.6) is 17.2 Å². The summed E-state index contributed by atoms with van der Waals surface area (Å²) in [5.74, 6) is 0.988. The van der Waals surface area contributed by atoms with Crippen molar-refractivity contribution in [3.05, 3.63) is 89.5 Å². The Bertz CT molecular complexity index is 1740. The van der Waals surface area contributed by atoms with Crippen LogP contribution < -0.4 is 14.2 Å². The Morgan fingerprint density at radius 3 is 1.70 bits per heavy atom. The smallest absolute Gasteiger partial charge is 0.338 e. The van der Waals surface area contributed by atoms with Crippen LogP contribution in [0.25, 0.3) is 0 Å². The molecule has 0 radical (unpaired) electrons. The Morgan fingerprint density at radius 2 is 1.16 bits per heavy atom. The molecule has 4 bridgehead atoms. The SMILES string of the molecule is COc1ccc(C(=O)OC[C@@]23CC[C@H]4[C@H]5O[C@H](C[C@H]5OC(=O)c5ccc(OC)cc5)[C@H]4[C@@H]2[C@H]2C[C@@H](OC(=O)c4ccc(OC)cc4)[C@@H]3O2)cc1. The second-order valence-corrected chi connectivity index (χ2v) is 13.9.